The van der Waals surface area contributed by atoms with E-state index in [9.17, 15) is 4.79 Å². The number of nitrogens with zero attached hydrogens (tertiary/aromatic N) is 2. The van der Waals surface area contributed by atoms with Crippen LogP contribution < -0.4 is 16.2 Å². The Bertz CT molecular complexity index is 1410. The van der Waals surface area contributed by atoms with Gasteiger partial charge in [-0.15, -0.1) is 0 Å². The van der Waals surface area contributed by atoms with Crippen molar-refractivity contribution in [2.45, 2.75) is 25.3 Å². The van der Waals surface area contributed by atoms with Crippen molar-refractivity contribution in [2.75, 3.05) is 25.1 Å². The van der Waals surface area contributed by atoms with Gasteiger partial charge in [-0.2, -0.15) is 5.10 Å². The van der Waals surface area contributed by atoms with Gasteiger partial charge in [0.2, 0.25) is 0 Å². The molecule has 0 bridgehead atoms. The van der Waals surface area contributed by atoms with Crippen molar-refractivity contribution in [1.29, 1.82) is 0 Å². The van der Waals surface area contributed by atoms with Crippen molar-refractivity contribution in [3.05, 3.63) is 69.5 Å². The van der Waals surface area contributed by atoms with E-state index in [1.807, 2.05) is 12.1 Å². The van der Waals surface area contributed by atoms with Crippen LogP contribution in [0.15, 0.2) is 41.3 Å². The molecule has 8 nitrogen and oxygen atoms in total. The summed E-state index contributed by atoms with van der Waals surface area (Å²) < 4.78 is 20.6. The minimum atomic E-state index is -0.316. The van der Waals surface area contributed by atoms with Gasteiger partial charge in [-0.05, 0) is 48.7 Å². The number of halogens is 1. The first-order valence-electron chi connectivity index (χ1n) is 11.1. The molecule has 5 heterocycles. The van der Waals surface area contributed by atoms with Crippen molar-refractivity contribution >= 4 is 22.4 Å². The maximum Gasteiger partial charge on any atom is 0.259 e. The molecular formula is C24H23FN6O2. The number of hydrogen-bond donors (Lipinski definition) is 4. The lowest BCUT2D eigenvalue weighted by molar-refractivity contribution is 0.193. The minimum Gasteiger partial charge on any atom is -0.381 e. The van der Waals surface area contributed by atoms with Crippen LogP contribution in [0.1, 0.15) is 29.2 Å². The molecule has 4 N–H and O–H groups in total. The van der Waals surface area contributed by atoms with E-state index < -0.39 is 0 Å². The largest absolute Gasteiger partial charge is 0.381 e. The van der Waals surface area contributed by atoms with Crippen LogP contribution in [0, 0.1) is 5.82 Å². The van der Waals surface area contributed by atoms with Gasteiger partial charge in [0.1, 0.15) is 11.6 Å². The normalized spacial score (nSPS) is 17.9. The number of aromatic amines is 2. The lowest BCUT2D eigenvalue weighted by Crippen LogP contribution is -2.24. The molecule has 9 heteroatoms. The predicted molar refractivity (Wildman–Crippen MR) is 123 cm³/mol. The van der Waals surface area contributed by atoms with E-state index in [1.165, 1.54) is 6.07 Å². The highest BCUT2D eigenvalue weighted by atomic mass is 19.1. The Morgan fingerprint density at radius 1 is 1.21 bits per heavy atom. The highest BCUT2D eigenvalue weighted by Crippen LogP contribution is 2.34. The van der Waals surface area contributed by atoms with Crippen LogP contribution in [0.4, 0.5) is 15.9 Å². The van der Waals surface area contributed by atoms with E-state index in [1.54, 1.807) is 18.3 Å². The van der Waals surface area contributed by atoms with Crippen LogP contribution in [0.3, 0.4) is 0 Å². The molecule has 0 spiro atoms. The Hall–Kier alpha value is -3.56. The maximum atomic E-state index is 15.1. The number of pyridine rings is 2. The quantitative estimate of drug-likeness (QED) is 0.383. The van der Waals surface area contributed by atoms with Gasteiger partial charge in [0.15, 0.2) is 0 Å². The topological polar surface area (TPSA) is 108 Å². The Morgan fingerprint density at radius 2 is 2.15 bits per heavy atom. The van der Waals surface area contributed by atoms with Crippen molar-refractivity contribution in [3.8, 4) is 11.3 Å². The van der Waals surface area contributed by atoms with Crippen LogP contribution in [0.2, 0.25) is 0 Å². The highest BCUT2D eigenvalue weighted by Gasteiger charge is 2.23. The molecule has 2 aliphatic heterocycles. The Labute approximate surface area is 188 Å². The van der Waals surface area contributed by atoms with Gasteiger partial charge in [0.05, 0.1) is 34.6 Å². The summed E-state index contributed by atoms with van der Waals surface area (Å²) in [5.41, 5.74) is 4.70. The molecule has 1 aromatic carbocycles. The van der Waals surface area contributed by atoms with E-state index in [0.717, 1.165) is 36.4 Å². The lowest BCUT2D eigenvalue weighted by atomic mass is 9.92. The van der Waals surface area contributed by atoms with Crippen molar-refractivity contribution in [3.63, 3.8) is 0 Å². The third-order valence-corrected chi connectivity index (χ3v) is 6.43. The minimum absolute atomic E-state index is 0.253. The molecule has 0 radical (unpaired) electrons. The number of aromatic nitrogens is 4. The van der Waals surface area contributed by atoms with Gasteiger partial charge >= 0.3 is 0 Å². The number of hydrogen-bond acceptors (Lipinski definition) is 6. The maximum absolute atomic E-state index is 15.1. The van der Waals surface area contributed by atoms with E-state index in [-0.39, 0.29) is 17.3 Å². The standard InChI is InChI=1S/C24H23FN6O2/c25-16-2-1-13-11-26-6-3-15(13)22(16)19-9-20(23-17(28-19)4-7-27-24(23)32)29-21-10-18(30-31-21)14-5-8-33-12-14/h1-2,4,7,9-10,14,26H,3,5-6,8,11-12H2,(H,27,32)(H2,28,29,30,31). The second kappa shape index (κ2) is 8.09. The number of benzene rings is 1. The molecular weight excluding hydrogens is 423 g/mol. The van der Waals surface area contributed by atoms with Gasteiger partial charge < -0.3 is 20.4 Å². The highest BCUT2D eigenvalue weighted by molar-refractivity contribution is 5.94. The molecule has 0 saturated carbocycles. The van der Waals surface area contributed by atoms with Gasteiger partial charge in [0, 0.05) is 36.9 Å². The molecule has 2 aliphatic rings. The zero-order valence-corrected chi connectivity index (χ0v) is 17.9. The number of ether oxygens (including phenoxy) is 1. The number of rotatable bonds is 4. The predicted octanol–water partition coefficient (Wildman–Crippen LogP) is 3.35. The van der Waals surface area contributed by atoms with Crippen LogP contribution in [-0.2, 0) is 17.7 Å². The first-order valence-corrected chi connectivity index (χ1v) is 11.1. The Morgan fingerprint density at radius 3 is 3.03 bits per heavy atom. The zero-order chi connectivity index (χ0) is 22.4. The summed E-state index contributed by atoms with van der Waals surface area (Å²) in [7, 11) is 0. The van der Waals surface area contributed by atoms with E-state index in [2.05, 4.69) is 30.8 Å². The molecule has 1 unspecified atom stereocenters. The van der Waals surface area contributed by atoms with Crippen molar-refractivity contribution < 1.29 is 9.13 Å². The first kappa shape index (κ1) is 20.1. The number of anilines is 2. The molecule has 1 saturated heterocycles. The fraction of sp³-hybridized carbons (Fsp3) is 0.292. The third-order valence-electron chi connectivity index (χ3n) is 6.43. The van der Waals surface area contributed by atoms with Crippen LogP contribution >= 0.6 is 0 Å². The Balaban J connectivity index is 1.48. The summed E-state index contributed by atoms with van der Waals surface area (Å²) >= 11 is 0. The smallest absolute Gasteiger partial charge is 0.259 e. The van der Waals surface area contributed by atoms with Crippen molar-refractivity contribution in [1.82, 2.24) is 25.5 Å². The summed E-state index contributed by atoms with van der Waals surface area (Å²) in [6, 6.07) is 8.72. The Kier molecular flexibility index (Phi) is 4.92. The SMILES string of the molecule is O=c1[nH]ccc2nc(-c3c(F)ccc4c3CCNC4)cc(Nc3cc(C4CCOC4)n[nH]3)c12. The molecule has 6 rings (SSSR count). The van der Waals surface area contributed by atoms with E-state index in [4.69, 9.17) is 4.74 Å². The second-order valence-electron chi connectivity index (χ2n) is 8.50. The van der Waals surface area contributed by atoms with Gasteiger partial charge in [0.25, 0.3) is 5.56 Å². The molecule has 0 amide bonds. The molecule has 33 heavy (non-hydrogen) atoms. The summed E-state index contributed by atoms with van der Waals surface area (Å²) in [5, 5.41) is 14.4. The van der Waals surface area contributed by atoms with Crippen molar-refractivity contribution in [2.24, 2.45) is 0 Å². The zero-order valence-electron chi connectivity index (χ0n) is 17.9. The summed E-state index contributed by atoms with van der Waals surface area (Å²) in [4.78, 5) is 20.1. The average Bonchev–Trinajstić information content (AvgIpc) is 3.51. The van der Waals surface area contributed by atoms with E-state index in [0.29, 0.717) is 53.2 Å². The third kappa shape index (κ3) is 3.59. The van der Waals surface area contributed by atoms with Gasteiger partial charge in [-0.3, -0.25) is 9.89 Å². The number of H-pyrrole nitrogens is 2. The first-order chi connectivity index (χ1) is 16.2. The molecule has 3 aromatic heterocycles. The van der Waals surface area contributed by atoms with Crippen LogP contribution in [-0.4, -0.2) is 39.9 Å². The molecule has 4 aromatic rings. The molecule has 0 aliphatic carbocycles. The van der Waals surface area contributed by atoms with Gasteiger partial charge in [-0.25, -0.2) is 9.37 Å². The summed E-state index contributed by atoms with van der Waals surface area (Å²) in [6.45, 7) is 2.86. The van der Waals surface area contributed by atoms with Crippen LogP contribution in [0.5, 0.6) is 0 Å². The summed E-state index contributed by atoms with van der Waals surface area (Å²) in [5.74, 6) is 0.588. The summed E-state index contributed by atoms with van der Waals surface area (Å²) in [6.07, 6.45) is 3.20. The lowest BCUT2D eigenvalue weighted by Gasteiger charge is -2.21. The molecule has 1 atom stereocenters. The molecule has 168 valence electrons. The number of fused-ring (bicyclic) bond motifs is 2. The van der Waals surface area contributed by atoms with Gasteiger partial charge in [-0.1, -0.05) is 6.07 Å². The fourth-order valence-electron chi connectivity index (χ4n) is 4.77. The van der Waals surface area contributed by atoms with E-state index >= 15 is 4.39 Å². The van der Waals surface area contributed by atoms with Crippen LogP contribution in [0.25, 0.3) is 22.2 Å². The average molecular weight is 446 g/mol. The second-order valence-corrected chi connectivity index (χ2v) is 8.50. The molecule has 1 fully saturated rings. The monoisotopic (exact) mass is 446 g/mol. The fourth-order valence-corrected chi connectivity index (χ4v) is 4.77. The number of nitrogens with one attached hydrogen (secondary N) is 4.